The van der Waals surface area contributed by atoms with Crippen molar-refractivity contribution < 1.29 is 9.53 Å². The first kappa shape index (κ1) is 10.1. The quantitative estimate of drug-likeness (QED) is 0.742. The van der Waals surface area contributed by atoms with Crippen LogP contribution in [-0.4, -0.2) is 32.8 Å². The maximum atomic E-state index is 11.1. The molecule has 15 heavy (non-hydrogen) atoms. The molecule has 0 atom stereocenters. The van der Waals surface area contributed by atoms with Crippen molar-refractivity contribution in [1.29, 1.82) is 0 Å². The van der Waals surface area contributed by atoms with Crippen molar-refractivity contribution >= 4 is 28.9 Å². The number of halogens is 1. The Bertz CT molecular complexity index is 495. The van der Waals surface area contributed by atoms with Gasteiger partial charge in [-0.3, -0.25) is 0 Å². The lowest BCUT2D eigenvalue weighted by Crippen LogP contribution is -2.05. The molecule has 0 saturated carbocycles. The lowest BCUT2D eigenvalue weighted by Gasteiger charge is -1.91. The van der Waals surface area contributed by atoms with Crippen molar-refractivity contribution in [1.82, 2.24) is 19.7 Å². The molecule has 0 N–H and O–H groups in total. The van der Waals surface area contributed by atoms with Crippen LogP contribution in [-0.2, 0) is 4.74 Å². The lowest BCUT2D eigenvalue weighted by molar-refractivity contribution is 0.0587. The Hall–Kier alpha value is -1.47. The molecule has 2 aromatic heterocycles. The third-order valence-electron chi connectivity index (χ3n) is 1.52. The number of thiazole rings is 1. The average Bonchev–Trinajstić information content (AvgIpc) is 2.84. The van der Waals surface area contributed by atoms with Crippen LogP contribution in [0.5, 0.6) is 0 Å². The Morgan fingerprint density at radius 2 is 2.47 bits per heavy atom. The first-order valence-corrected chi connectivity index (χ1v) is 5.08. The number of carbonyl (C=O) groups excluding carboxylic acids is 1. The molecular weight excluding hydrogens is 240 g/mol. The predicted octanol–water partition coefficient (Wildman–Crippen LogP) is 1.16. The van der Waals surface area contributed by atoms with E-state index in [2.05, 4.69) is 19.8 Å². The number of methoxy groups -OCH3 is 1. The summed E-state index contributed by atoms with van der Waals surface area (Å²) < 4.78 is 5.83. The summed E-state index contributed by atoms with van der Waals surface area (Å²) in [5, 5.41) is 6.47. The normalized spacial score (nSPS) is 10.3. The molecule has 0 spiro atoms. The molecule has 2 rings (SSSR count). The number of nitrogens with zero attached hydrogens (tertiary/aromatic N) is 4. The number of hydrogen-bond acceptors (Lipinski definition) is 6. The van der Waals surface area contributed by atoms with E-state index in [4.69, 9.17) is 11.6 Å². The molecule has 2 heterocycles. The Labute approximate surface area is 93.5 Å². The molecule has 0 saturated heterocycles. The van der Waals surface area contributed by atoms with Crippen LogP contribution in [0.25, 0.3) is 5.13 Å². The Morgan fingerprint density at radius 1 is 1.67 bits per heavy atom. The van der Waals surface area contributed by atoms with Gasteiger partial charge in [0.25, 0.3) is 5.82 Å². The zero-order valence-corrected chi connectivity index (χ0v) is 9.12. The second-order valence-electron chi connectivity index (χ2n) is 2.46. The van der Waals surface area contributed by atoms with Gasteiger partial charge in [0, 0.05) is 5.38 Å². The second kappa shape index (κ2) is 3.95. The SMILES string of the molecule is COC(=O)c1ncn(-c2nc(Cl)cs2)n1. The van der Waals surface area contributed by atoms with Crippen LogP contribution in [0.4, 0.5) is 0 Å². The summed E-state index contributed by atoms with van der Waals surface area (Å²) in [6.45, 7) is 0. The van der Waals surface area contributed by atoms with Crippen molar-refractivity contribution in [2.45, 2.75) is 0 Å². The third-order valence-corrected chi connectivity index (χ3v) is 2.67. The fraction of sp³-hybridized carbons (Fsp3) is 0.143. The van der Waals surface area contributed by atoms with Gasteiger partial charge in [-0.25, -0.2) is 14.8 Å². The number of aromatic nitrogens is 4. The van der Waals surface area contributed by atoms with E-state index >= 15 is 0 Å². The molecule has 0 aliphatic carbocycles. The molecule has 0 radical (unpaired) electrons. The fourth-order valence-electron chi connectivity index (χ4n) is 0.891. The van der Waals surface area contributed by atoms with E-state index in [-0.39, 0.29) is 5.82 Å². The summed E-state index contributed by atoms with van der Waals surface area (Å²) in [4.78, 5) is 18.8. The molecule has 8 heteroatoms. The zero-order chi connectivity index (χ0) is 10.8. The highest BCUT2D eigenvalue weighted by Crippen LogP contribution is 2.17. The highest BCUT2D eigenvalue weighted by molar-refractivity contribution is 7.12. The minimum Gasteiger partial charge on any atom is -0.463 e. The molecule has 6 nitrogen and oxygen atoms in total. The highest BCUT2D eigenvalue weighted by Gasteiger charge is 2.13. The highest BCUT2D eigenvalue weighted by atomic mass is 35.5. The molecule has 0 bridgehead atoms. The van der Waals surface area contributed by atoms with E-state index < -0.39 is 5.97 Å². The van der Waals surface area contributed by atoms with Gasteiger partial charge in [-0.15, -0.1) is 16.4 Å². The van der Waals surface area contributed by atoms with Gasteiger partial charge >= 0.3 is 5.97 Å². The summed E-state index contributed by atoms with van der Waals surface area (Å²) in [7, 11) is 1.27. The molecule has 0 aliphatic rings. The molecule has 78 valence electrons. The van der Waals surface area contributed by atoms with Crippen molar-refractivity contribution in [3.63, 3.8) is 0 Å². The van der Waals surface area contributed by atoms with Crippen molar-refractivity contribution in [3.8, 4) is 5.13 Å². The van der Waals surface area contributed by atoms with Crippen LogP contribution in [0.1, 0.15) is 10.6 Å². The van der Waals surface area contributed by atoms with Gasteiger partial charge in [0.1, 0.15) is 11.5 Å². The van der Waals surface area contributed by atoms with E-state index in [1.54, 1.807) is 5.38 Å². The first-order valence-electron chi connectivity index (χ1n) is 3.82. The summed E-state index contributed by atoms with van der Waals surface area (Å²) in [6.07, 6.45) is 1.38. The third kappa shape index (κ3) is 1.97. The number of hydrogen-bond donors (Lipinski definition) is 0. The largest absolute Gasteiger partial charge is 0.463 e. The van der Waals surface area contributed by atoms with Crippen LogP contribution < -0.4 is 0 Å². The Balaban J connectivity index is 2.31. The van der Waals surface area contributed by atoms with E-state index in [9.17, 15) is 4.79 Å². The lowest BCUT2D eigenvalue weighted by atomic mass is 10.6. The minimum atomic E-state index is -0.587. The van der Waals surface area contributed by atoms with Gasteiger partial charge in [0.15, 0.2) is 0 Å². The molecule has 0 aromatic carbocycles. The predicted molar refractivity (Wildman–Crippen MR) is 53.4 cm³/mol. The van der Waals surface area contributed by atoms with Gasteiger partial charge in [-0.05, 0) is 0 Å². The second-order valence-corrected chi connectivity index (χ2v) is 3.68. The van der Waals surface area contributed by atoms with Crippen LogP contribution in [0.3, 0.4) is 0 Å². The average molecular weight is 245 g/mol. The minimum absolute atomic E-state index is 0.0103. The summed E-state index contributed by atoms with van der Waals surface area (Å²) in [6, 6.07) is 0. The smallest absolute Gasteiger partial charge is 0.377 e. The van der Waals surface area contributed by atoms with Crippen LogP contribution in [0, 0.1) is 0 Å². The summed E-state index contributed by atoms with van der Waals surface area (Å²) in [5.74, 6) is -0.597. The molecule has 2 aromatic rings. The Morgan fingerprint density at radius 3 is 3.07 bits per heavy atom. The molecule has 0 amide bonds. The van der Waals surface area contributed by atoms with E-state index in [1.165, 1.54) is 29.5 Å². The number of carbonyl (C=O) groups is 1. The van der Waals surface area contributed by atoms with E-state index in [0.29, 0.717) is 10.3 Å². The van der Waals surface area contributed by atoms with Gasteiger partial charge in [0.2, 0.25) is 5.13 Å². The molecule has 0 unspecified atom stereocenters. The summed E-state index contributed by atoms with van der Waals surface area (Å²) >= 11 is 6.95. The maximum absolute atomic E-state index is 11.1. The van der Waals surface area contributed by atoms with E-state index in [0.717, 1.165) is 0 Å². The molecular formula is C7H5ClN4O2S. The van der Waals surface area contributed by atoms with Crippen molar-refractivity contribution in [2.24, 2.45) is 0 Å². The standard InChI is InChI=1S/C7H5ClN4O2S/c1-14-6(13)5-9-3-12(11-5)7-10-4(8)2-15-7/h2-3H,1H3. The Kier molecular flexibility index (Phi) is 2.65. The fourth-order valence-corrected chi connectivity index (χ4v) is 1.76. The summed E-state index contributed by atoms with van der Waals surface area (Å²) in [5.41, 5.74) is 0. The van der Waals surface area contributed by atoms with Crippen molar-refractivity contribution in [2.75, 3.05) is 7.11 Å². The van der Waals surface area contributed by atoms with Gasteiger partial charge < -0.3 is 4.74 Å². The van der Waals surface area contributed by atoms with Crippen LogP contribution in [0.15, 0.2) is 11.7 Å². The van der Waals surface area contributed by atoms with Crippen molar-refractivity contribution in [3.05, 3.63) is 22.7 Å². The molecule has 0 aliphatic heterocycles. The zero-order valence-electron chi connectivity index (χ0n) is 7.55. The van der Waals surface area contributed by atoms with Crippen LogP contribution >= 0.6 is 22.9 Å². The first-order chi connectivity index (χ1) is 7.20. The van der Waals surface area contributed by atoms with Gasteiger partial charge in [0.05, 0.1) is 7.11 Å². The monoisotopic (exact) mass is 244 g/mol. The maximum Gasteiger partial charge on any atom is 0.377 e. The number of rotatable bonds is 2. The van der Waals surface area contributed by atoms with Gasteiger partial charge in [-0.2, -0.15) is 4.68 Å². The van der Waals surface area contributed by atoms with Crippen LogP contribution in [0.2, 0.25) is 5.15 Å². The number of esters is 1. The number of ether oxygens (including phenoxy) is 1. The topological polar surface area (TPSA) is 69.9 Å². The molecule has 0 fully saturated rings. The van der Waals surface area contributed by atoms with E-state index in [1.807, 2.05) is 0 Å². The van der Waals surface area contributed by atoms with Gasteiger partial charge in [-0.1, -0.05) is 11.6 Å².